The number of fused-ring (bicyclic) bond motifs is 1. The van der Waals surface area contributed by atoms with Crippen molar-refractivity contribution >= 4 is 51.8 Å². The van der Waals surface area contributed by atoms with Crippen molar-refractivity contribution in [2.24, 2.45) is 5.10 Å². The van der Waals surface area contributed by atoms with Crippen molar-refractivity contribution in [2.75, 3.05) is 11.9 Å². The Hall–Kier alpha value is -2.98. The van der Waals surface area contributed by atoms with Crippen LogP contribution in [-0.2, 0) is 17.6 Å². The molecule has 9 nitrogen and oxygen atoms in total. The highest BCUT2D eigenvalue weighted by atomic mass is 35.5. The maximum Gasteiger partial charge on any atom is 0.341 e. The Bertz CT molecular complexity index is 1000. The third-order valence-corrected chi connectivity index (χ3v) is 5.70. The van der Waals surface area contributed by atoms with Crippen molar-refractivity contribution < 1.29 is 19.2 Å². The number of anilines is 1. The van der Waals surface area contributed by atoms with Crippen LogP contribution in [0, 0.1) is 10.1 Å². The van der Waals surface area contributed by atoms with Crippen LogP contribution in [0.2, 0.25) is 5.02 Å². The second-order valence-electron chi connectivity index (χ2n) is 6.07. The molecule has 0 atom stereocenters. The van der Waals surface area contributed by atoms with E-state index in [0.29, 0.717) is 16.1 Å². The lowest BCUT2D eigenvalue weighted by atomic mass is 10.1. The van der Waals surface area contributed by atoms with Crippen molar-refractivity contribution in [1.82, 2.24) is 5.43 Å². The highest BCUT2D eigenvalue weighted by Gasteiger charge is 2.28. The van der Waals surface area contributed by atoms with Gasteiger partial charge in [-0.15, -0.1) is 11.3 Å². The molecule has 1 heterocycles. The van der Waals surface area contributed by atoms with Crippen LogP contribution in [0.15, 0.2) is 23.3 Å². The largest absolute Gasteiger partial charge is 0.462 e. The van der Waals surface area contributed by atoms with Crippen LogP contribution < -0.4 is 10.7 Å². The quantitative estimate of drug-likeness (QED) is 0.305. The van der Waals surface area contributed by atoms with Gasteiger partial charge in [0.1, 0.15) is 10.0 Å². The van der Waals surface area contributed by atoms with E-state index >= 15 is 0 Å². The Morgan fingerprint density at radius 2 is 2.21 bits per heavy atom. The number of hydrazone groups is 1. The number of esters is 1. The summed E-state index contributed by atoms with van der Waals surface area (Å²) in [5.74, 6) is -0.459. The predicted octanol–water partition coefficient (Wildman–Crippen LogP) is 4.13. The summed E-state index contributed by atoms with van der Waals surface area (Å²) in [7, 11) is 0. The van der Waals surface area contributed by atoms with Crippen molar-refractivity contribution in [3.05, 3.63) is 54.9 Å². The molecule has 2 N–H and O–H groups in total. The Labute approximate surface area is 174 Å². The maximum atomic E-state index is 12.3. The third kappa shape index (κ3) is 4.72. The first-order chi connectivity index (χ1) is 13.9. The highest BCUT2D eigenvalue weighted by Crippen LogP contribution is 2.39. The van der Waals surface area contributed by atoms with Crippen LogP contribution in [0.1, 0.15) is 39.7 Å². The number of halogens is 1. The molecule has 0 fully saturated rings. The molecule has 0 spiro atoms. The van der Waals surface area contributed by atoms with E-state index in [0.717, 1.165) is 29.7 Å². The van der Waals surface area contributed by atoms with Gasteiger partial charge < -0.3 is 4.74 Å². The number of nitrogens with one attached hydrogen (secondary N) is 2. The van der Waals surface area contributed by atoms with E-state index < -0.39 is 16.9 Å². The normalized spacial score (nSPS) is 12.6. The number of thiophene rings is 1. The Morgan fingerprint density at radius 1 is 1.41 bits per heavy atom. The van der Waals surface area contributed by atoms with Gasteiger partial charge in [-0.3, -0.25) is 15.4 Å². The molecule has 0 saturated carbocycles. The summed E-state index contributed by atoms with van der Waals surface area (Å²) in [6.07, 6.45) is 3.86. The molecule has 1 aromatic heterocycles. The van der Waals surface area contributed by atoms with Crippen molar-refractivity contribution in [3.63, 3.8) is 0 Å². The molecule has 29 heavy (non-hydrogen) atoms. The fourth-order valence-corrected chi connectivity index (χ4v) is 4.42. The van der Waals surface area contributed by atoms with Crippen LogP contribution in [0.25, 0.3) is 0 Å². The van der Waals surface area contributed by atoms with Gasteiger partial charge >= 0.3 is 12.0 Å². The number of carbonyl (C=O) groups excluding carboxylic acids is 2. The summed E-state index contributed by atoms with van der Waals surface area (Å²) in [5, 5.41) is 17.7. The van der Waals surface area contributed by atoms with Gasteiger partial charge in [0.15, 0.2) is 0 Å². The highest BCUT2D eigenvalue weighted by molar-refractivity contribution is 7.17. The topological polar surface area (TPSA) is 123 Å². The number of carbonyl (C=O) groups is 2. The minimum atomic E-state index is -0.643. The van der Waals surface area contributed by atoms with Gasteiger partial charge in [-0.25, -0.2) is 15.0 Å². The van der Waals surface area contributed by atoms with Crippen LogP contribution in [0.3, 0.4) is 0 Å². The van der Waals surface area contributed by atoms with E-state index in [1.807, 2.05) is 0 Å². The minimum absolute atomic E-state index is 0.00934. The number of ether oxygens (including phenoxy) is 1. The Morgan fingerprint density at radius 3 is 2.93 bits per heavy atom. The molecule has 0 radical (unpaired) electrons. The van der Waals surface area contributed by atoms with Crippen LogP contribution in [-0.4, -0.2) is 29.7 Å². The SMILES string of the molecule is CCOC(=O)c1c(NC(=O)N/N=C/c2ccc(Cl)c([N+](=O)[O-])c2)sc2c1CCC2. The zero-order valence-corrected chi connectivity index (χ0v) is 16.9. The van der Waals surface area contributed by atoms with Crippen molar-refractivity contribution in [3.8, 4) is 0 Å². The first kappa shape index (κ1) is 20.7. The summed E-state index contributed by atoms with van der Waals surface area (Å²) in [6.45, 7) is 1.97. The standard InChI is InChI=1S/C18H17ClN4O5S/c1-2-28-17(24)15-11-4-3-5-14(11)29-16(15)21-18(25)22-20-9-10-6-7-12(19)13(8-10)23(26)27/h6-9H,2-5H2,1H3,(H2,21,22,25)/b20-9+. The van der Waals surface area contributed by atoms with E-state index in [9.17, 15) is 19.7 Å². The summed E-state index contributed by atoms with van der Waals surface area (Å²) in [4.78, 5) is 35.9. The van der Waals surface area contributed by atoms with Gasteiger partial charge in [-0.05, 0) is 37.8 Å². The molecule has 11 heteroatoms. The lowest BCUT2D eigenvalue weighted by Gasteiger charge is -2.07. The number of amides is 2. The van der Waals surface area contributed by atoms with Crippen LogP contribution in [0.4, 0.5) is 15.5 Å². The fraction of sp³-hybridized carbons (Fsp3) is 0.278. The van der Waals surface area contributed by atoms with Gasteiger partial charge in [0.2, 0.25) is 0 Å². The molecular weight excluding hydrogens is 420 g/mol. The molecule has 152 valence electrons. The molecule has 0 aliphatic heterocycles. The molecule has 0 unspecified atom stereocenters. The number of aryl methyl sites for hydroxylation is 1. The number of urea groups is 1. The molecule has 1 aliphatic rings. The van der Waals surface area contributed by atoms with Crippen molar-refractivity contribution in [1.29, 1.82) is 0 Å². The number of nitro benzene ring substituents is 1. The summed E-state index contributed by atoms with van der Waals surface area (Å²) in [5.41, 5.74) is 3.74. The van der Waals surface area contributed by atoms with E-state index in [4.69, 9.17) is 16.3 Å². The zero-order chi connectivity index (χ0) is 21.0. The number of nitrogens with zero attached hydrogens (tertiary/aromatic N) is 2. The smallest absolute Gasteiger partial charge is 0.341 e. The molecule has 2 aromatic rings. The average molecular weight is 437 g/mol. The molecule has 3 rings (SSSR count). The summed E-state index contributed by atoms with van der Waals surface area (Å²) < 4.78 is 5.11. The molecule has 1 aromatic carbocycles. The van der Waals surface area contributed by atoms with Crippen LogP contribution in [0.5, 0.6) is 0 Å². The van der Waals surface area contributed by atoms with E-state index in [2.05, 4.69) is 15.8 Å². The van der Waals surface area contributed by atoms with Crippen LogP contribution >= 0.6 is 22.9 Å². The fourth-order valence-electron chi connectivity index (χ4n) is 2.96. The maximum absolute atomic E-state index is 12.3. The lowest BCUT2D eigenvalue weighted by molar-refractivity contribution is -0.384. The molecule has 2 amide bonds. The monoisotopic (exact) mass is 436 g/mol. The van der Waals surface area contributed by atoms with Gasteiger partial charge in [0, 0.05) is 16.5 Å². The van der Waals surface area contributed by atoms with Gasteiger partial charge in [-0.2, -0.15) is 5.10 Å². The average Bonchev–Trinajstić information content (AvgIpc) is 3.23. The number of nitro groups is 1. The Balaban J connectivity index is 1.69. The van der Waals surface area contributed by atoms with E-state index in [-0.39, 0.29) is 17.3 Å². The second kappa shape index (κ2) is 9.01. The first-order valence-electron chi connectivity index (χ1n) is 8.76. The zero-order valence-electron chi connectivity index (χ0n) is 15.4. The number of hydrogen-bond acceptors (Lipinski definition) is 7. The molecule has 0 saturated heterocycles. The second-order valence-corrected chi connectivity index (χ2v) is 7.59. The van der Waals surface area contributed by atoms with Crippen molar-refractivity contribution in [2.45, 2.75) is 26.2 Å². The van der Waals surface area contributed by atoms with E-state index in [1.165, 1.54) is 35.8 Å². The van der Waals surface area contributed by atoms with Gasteiger partial charge in [0.05, 0.1) is 23.3 Å². The van der Waals surface area contributed by atoms with Gasteiger partial charge in [-0.1, -0.05) is 17.7 Å². The molecular formula is C18H17ClN4O5S. The van der Waals surface area contributed by atoms with E-state index in [1.54, 1.807) is 6.92 Å². The van der Waals surface area contributed by atoms with Gasteiger partial charge in [0.25, 0.3) is 5.69 Å². The first-order valence-corrected chi connectivity index (χ1v) is 9.95. The summed E-state index contributed by atoms with van der Waals surface area (Å²) >= 11 is 7.11. The molecule has 1 aliphatic carbocycles. The number of rotatable bonds is 6. The predicted molar refractivity (Wildman–Crippen MR) is 110 cm³/mol. The third-order valence-electron chi connectivity index (χ3n) is 4.17. The minimum Gasteiger partial charge on any atom is -0.462 e. The lowest BCUT2D eigenvalue weighted by Crippen LogP contribution is -2.25. The number of benzene rings is 1. The molecule has 0 bridgehead atoms. The Kier molecular flexibility index (Phi) is 6.45. The summed E-state index contributed by atoms with van der Waals surface area (Å²) in [6, 6.07) is 3.50. The number of hydrogen-bond donors (Lipinski definition) is 2.